The van der Waals surface area contributed by atoms with E-state index in [9.17, 15) is 4.79 Å². The Morgan fingerprint density at radius 2 is 1.95 bits per heavy atom. The van der Waals surface area contributed by atoms with Crippen molar-refractivity contribution in [3.63, 3.8) is 0 Å². The van der Waals surface area contributed by atoms with Crippen LogP contribution in [0, 0.1) is 0 Å². The van der Waals surface area contributed by atoms with Gasteiger partial charge in [0, 0.05) is 31.7 Å². The predicted molar refractivity (Wildman–Crippen MR) is 80.5 cm³/mol. The molecule has 0 bridgehead atoms. The Balaban J connectivity index is 1.83. The lowest BCUT2D eigenvalue weighted by Crippen LogP contribution is -2.45. The van der Waals surface area contributed by atoms with E-state index in [-0.39, 0.29) is 5.78 Å². The van der Waals surface area contributed by atoms with Crippen LogP contribution in [0.1, 0.15) is 30.1 Å². The van der Waals surface area contributed by atoms with E-state index in [2.05, 4.69) is 17.1 Å². The smallest absolute Gasteiger partial charge is 0.176 e. The Morgan fingerprint density at radius 3 is 2.60 bits per heavy atom. The van der Waals surface area contributed by atoms with Crippen LogP contribution in [0.3, 0.4) is 0 Å². The standard InChI is InChI=1S/C16H24N2O2/c1-2-3-12-20-15-6-4-14(5-7-15)16(19)13-18-10-8-17-9-11-18/h4-7,17H,2-3,8-13H2,1H3. The van der Waals surface area contributed by atoms with Gasteiger partial charge in [-0.05, 0) is 30.7 Å². The number of hydrogen-bond donors (Lipinski definition) is 1. The van der Waals surface area contributed by atoms with Crippen LogP contribution in [-0.4, -0.2) is 50.0 Å². The molecule has 0 unspecified atom stereocenters. The Hall–Kier alpha value is -1.39. The summed E-state index contributed by atoms with van der Waals surface area (Å²) < 4.78 is 5.60. The van der Waals surface area contributed by atoms with Crippen LogP contribution in [0.25, 0.3) is 0 Å². The second-order valence-electron chi connectivity index (χ2n) is 5.18. The quantitative estimate of drug-likeness (QED) is 0.610. The number of ether oxygens (including phenoxy) is 1. The first kappa shape index (κ1) is 15.0. The summed E-state index contributed by atoms with van der Waals surface area (Å²) in [5.41, 5.74) is 0.770. The second-order valence-corrected chi connectivity index (χ2v) is 5.18. The van der Waals surface area contributed by atoms with E-state index in [0.717, 1.165) is 56.9 Å². The van der Waals surface area contributed by atoms with Crippen LogP contribution in [-0.2, 0) is 0 Å². The lowest BCUT2D eigenvalue weighted by Gasteiger charge is -2.26. The molecule has 0 spiro atoms. The predicted octanol–water partition coefficient (Wildman–Crippen LogP) is 1.95. The van der Waals surface area contributed by atoms with E-state index in [0.29, 0.717) is 6.54 Å². The number of unbranched alkanes of at least 4 members (excludes halogenated alkanes) is 1. The van der Waals surface area contributed by atoms with Gasteiger partial charge in [-0.15, -0.1) is 0 Å². The van der Waals surface area contributed by atoms with E-state index in [1.807, 2.05) is 24.3 Å². The van der Waals surface area contributed by atoms with E-state index < -0.39 is 0 Å². The van der Waals surface area contributed by atoms with Gasteiger partial charge < -0.3 is 10.1 Å². The van der Waals surface area contributed by atoms with Gasteiger partial charge in [0.2, 0.25) is 0 Å². The number of Topliss-reactive ketones (excluding diaryl/α,β-unsaturated/α-hetero) is 1. The fraction of sp³-hybridized carbons (Fsp3) is 0.562. The topological polar surface area (TPSA) is 41.6 Å². The first-order valence-electron chi connectivity index (χ1n) is 7.48. The van der Waals surface area contributed by atoms with Crippen molar-refractivity contribution in [2.45, 2.75) is 19.8 Å². The highest BCUT2D eigenvalue weighted by molar-refractivity contribution is 5.97. The van der Waals surface area contributed by atoms with Gasteiger partial charge in [-0.25, -0.2) is 0 Å². The maximum absolute atomic E-state index is 12.2. The van der Waals surface area contributed by atoms with Crippen molar-refractivity contribution in [2.24, 2.45) is 0 Å². The third kappa shape index (κ3) is 4.62. The molecule has 0 atom stereocenters. The number of rotatable bonds is 7. The summed E-state index contributed by atoms with van der Waals surface area (Å²) in [5.74, 6) is 1.03. The average molecular weight is 276 g/mol. The van der Waals surface area contributed by atoms with E-state index in [1.54, 1.807) is 0 Å². The molecule has 110 valence electrons. The number of nitrogens with zero attached hydrogens (tertiary/aromatic N) is 1. The van der Waals surface area contributed by atoms with Crippen molar-refractivity contribution >= 4 is 5.78 Å². The molecule has 0 aromatic heterocycles. The molecular weight excluding hydrogens is 252 g/mol. The molecule has 1 heterocycles. The highest BCUT2D eigenvalue weighted by atomic mass is 16.5. The molecule has 2 rings (SSSR count). The average Bonchev–Trinajstić information content (AvgIpc) is 2.49. The third-order valence-electron chi connectivity index (χ3n) is 3.52. The van der Waals surface area contributed by atoms with Crippen molar-refractivity contribution < 1.29 is 9.53 Å². The number of benzene rings is 1. The number of hydrogen-bond acceptors (Lipinski definition) is 4. The minimum atomic E-state index is 0.187. The Labute approximate surface area is 121 Å². The third-order valence-corrected chi connectivity index (χ3v) is 3.52. The zero-order valence-corrected chi connectivity index (χ0v) is 12.2. The minimum Gasteiger partial charge on any atom is -0.494 e. The van der Waals surface area contributed by atoms with Gasteiger partial charge in [-0.3, -0.25) is 9.69 Å². The lowest BCUT2D eigenvalue weighted by molar-refractivity contribution is 0.0921. The maximum Gasteiger partial charge on any atom is 0.176 e. The summed E-state index contributed by atoms with van der Waals surface area (Å²) in [6.07, 6.45) is 2.19. The van der Waals surface area contributed by atoms with Gasteiger partial charge in [0.15, 0.2) is 5.78 Å². The van der Waals surface area contributed by atoms with Gasteiger partial charge >= 0.3 is 0 Å². The molecule has 1 fully saturated rings. The summed E-state index contributed by atoms with van der Waals surface area (Å²) in [5, 5.41) is 3.29. The molecular formula is C16H24N2O2. The van der Waals surface area contributed by atoms with E-state index in [4.69, 9.17) is 4.74 Å². The molecule has 0 amide bonds. The highest BCUT2D eigenvalue weighted by Gasteiger charge is 2.14. The van der Waals surface area contributed by atoms with Crippen LogP contribution in [0.4, 0.5) is 0 Å². The molecule has 0 saturated carbocycles. The van der Waals surface area contributed by atoms with Gasteiger partial charge in [0.05, 0.1) is 13.2 Å². The van der Waals surface area contributed by atoms with Gasteiger partial charge in [-0.1, -0.05) is 13.3 Å². The summed E-state index contributed by atoms with van der Waals surface area (Å²) in [4.78, 5) is 14.4. The van der Waals surface area contributed by atoms with E-state index >= 15 is 0 Å². The van der Waals surface area contributed by atoms with Crippen molar-refractivity contribution in [1.82, 2.24) is 10.2 Å². The zero-order valence-electron chi connectivity index (χ0n) is 12.2. The molecule has 1 aliphatic heterocycles. The summed E-state index contributed by atoms with van der Waals surface area (Å²) in [7, 11) is 0. The number of ketones is 1. The molecule has 4 heteroatoms. The van der Waals surface area contributed by atoms with Crippen molar-refractivity contribution in [1.29, 1.82) is 0 Å². The minimum absolute atomic E-state index is 0.187. The molecule has 1 N–H and O–H groups in total. The van der Waals surface area contributed by atoms with Crippen molar-refractivity contribution in [2.75, 3.05) is 39.3 Å². The summed E-state index contributed by atoms with van der Waals surface area (Å²) in [6.45, 7) is 7.23. The largest absolute Gasteiger partial charge is 0.494 e. The van der Waals surface area contributed by atoms with Crippen LogP contribution in [0.5, 0.6) is 5.75 Å². The fourth-order valence-corrected chi connectivity index (χ4v) is 2.24. The molecule has 0 radical (unpaired) electrons. The fourth-order valence-electron chi connectivity index (χ4n) is 2.24. The molecule has 1 saturated heterocycles. The number of piperazine rings is 1. The number of carbonyl (C=O) groups is 1. The van der Waals surface area contributed by atoms with Crippen molar-refractivity contribution in [3.8, 4) is 5.75 Å². The summed E-state index contributed by atoms with van der Waals surface area (Å²) >= 11 is 0. The van der Waals surface area contributed by atoms with E-state index in [1.165, 1.54) is 0 Å². The number of nitrogens with one attached hydrogen (secondary N) is 1. The van der Waals surface area contributed by atoms with Crippen LogP contribution < -0.4 is 10.1 Å². The van der Waals surface area contributed by atoms with Crippen LogP contribution in [0.2, 0.25) is 0 Å². The molecule has 0 aliphatic carbocycles. The van der Waals surface area contributed by atoms with Crippen molar-refractivity contribution in [3.05, 3.63) is 29.8 Å². The SMILES string of the molecule is CCCCOc1ccc(C(=O)CN2CCNCC2)cc1. The molecule has 1 aliphatic rings. The Bertz CT molecular complexity index is 411. The maximum atomic E-state index is 12.2. The molecule has 20 heavy (non-hydrogen) atoms. The van der Waals surface area contributed by atoms with Gasteiger partial charge in [0.25, 0.3) is 0 Å². The number of carbonyl (C=O) groups excluding carboxylic acids is 1. The van der Waals surface area contributed by atoms with Crippen LogP contribution in [0.15, 0.2) is 24.3 Å². The van der Waals surface area contributed by atoms with Gasteiger partial charge in [0.1, 0.15) is 5.75 Å². The molecule has 1 aromatic carbocycles. The van der Waals surface area contributed by atoms with Crippen LogP contribution >= 0.6 is 0 Å². The zero-order chi connectivity index (χ0) is 14.2. The Kier molecular flexibility index (Phi) is 6.02. The second kappa shape index (κ2) is 8.02. The highest BCUT2D eigenvalue weighted by Crippen LogP contribution is 2.13. The lowest BCUT2D eigenvalue weighted by atomic mass is 10.1. The first-order chi connectivity index (χ1) is 9.79. The first-order valence-corrected chi connectivity index (χ1v) is 7.48. The van der Waals surface area contributed by atoms with Gasteiger partial charge in [-0.2, -0.15) is 0 Å². The molecule has 4 nitrogen and oxygen atoms in total. The summed E-state index contributed by atoms with van der Waals surface area (Å²) in [6, 6.07) is 7.51. The Morgan fingerprint density at radius 1 is 1.25 bits per heavy atom. The molecule has 1 aromatic rings. The monoisotopic (exact) mass is 276 g/mol. The normalized spacial score (nSPS) is 16.1.